The molecule has 154 valence electrons. The molecule has 0 aliphatic rings. The standard InChI is InChI=1S/C20H18ClN5O4/c1-3-30-20(27)14-6-4-5-7-16(14)25-19-17(26(28)29)18(22-11-23-19)24-13-9-8-12(2)15(21)10-13/h4-11H,3H2,1-2H3,(H2,22,23,24,25). The fourth-order valence-corrected chi connectivity index (χ4v) is 2.83. The van der Waals surface area contributed by atoms with Gasteiger partial charge >= 0.3 is 11.7 Å². The minimum atomic E-state index is -0.604. The number of para-hydroxylation sites is 1. The number of aromatic nitrogens is 2. The summed E-state index contributed by atoms with van der Waals surface area (Å²) in [5, 5.41) is 18.1. The molecule has 1 aromatic heterocycles. The number of nitro groups is 1. The van der Waals surface area contributed by atoms with Crippen LogP contribution in [0, 0.1) is 17.0 Å². The predicted molar refractivity (Wildman–Crippen MR) is 114 cm³/mol. The SMILES string of the molecule is CCOC(=O)c1ccccc1Nc1ncnc(Nc2ccc(C)c(Cl)c2)c1[N+](=O)[O-]. The first kappa shape index (κ1) is 21.0. The Hall–Kier alpha value is -3.72. The zero-order valence-electron chi connectivity index (χ0n) is 16.2. The van der Waals surface area contributed by atoms with Gasteiger partial charge in [-0.1, -0.05) is 29.8 Å². The van der Waals surface area contributed by atoms with Gasteiger partial charge in [-0.3, -0.25) is 10.1 Å². The fraction of sp³-hybridized carbons (Fsp3) is 0.150. The van der Waals surface area contributed by atoms with E-state index in [1.165, 1.54) is 6.33 Å². The Morgan fingerprint density at radius 1 is 1.17 bits per heavy atom. The van der Waals surface area contributed by atoms with E-state index >= 15 is 0 Å². The molecule has 0 amide bonds. The van der Waals surface area contributed by atoms with Gasteiger partial charge in [-0.05, 0) is 43.7 Å². The number of esters is 1. The van der Waals surface area contributed by atoms with E-state index in [-0.39, 0.29) is 29.5 Å². The van der Waals surface area contributed by atoms with E-state index in [4.69, 9.17) is 16.3 Å². The predicted octanol–water partition coefficient (Wildman–Crippen LogP) is 5.01. The summed E-state index contributed by atoms with van der Waals surface area (Å²) >= 11 is 6.13. The van der Waals surface area contributed by atoms with Gasteiger partial charge in [-0.25, -0.2) is 14.8 Å². The van der Waals surface area contributed by atoms with Gasteiger partial charge in [0.1, 0.15) is 6.33 Å². The first-order chi connectivity index (χ1) is 14.4. The molecule has 0 saturated heterocycles. The molecule has 0 aliphatic carbocycles. The smallest absolute Gasteiger partial charge is 0.353 e. The maximum absolute atomic E-state index is 12.2. The van der Waals surface area contributed by atoms with Gasteiger partial charge in [0.05, 0.1) is 22.8 Å². The van der Waals surface area contributed by atoms with Gasteiger partial charge < -0.3 is 15.4 Å². The molecule has 9 nitrogen and oxygen atoms in total. The lowest BCUT2D eigenvalue weighted by molar-refractivity contribution is -0.383. The highest BCUT2D eigenvalue weighted by atomic mass is 35.5. The molecule has 0 atom stereocenters. The molecular weight excluding hydrogens is 410 g/mol. The van der Waals surface area contributed by atoms with Crippen molar-refractivity contribution in [1.82, 2.24) is 9.97 Å². The first-order valence-electron chi connectivity index (χ1n) is 8.96. The first-order valence-corrected chi connectivity index (χ1v) is 9.34. The molecule has 0 aliphatic heterocycles. The normalized spacial score (nSPS) is 10.4. The van der Waals surface area contributed by atoms with Crippen molar-refractivity contribution in [1.29, 1.82) is 0 Å². The molecule has 0 fully saturated rings. The quantitative estimate of drug-likeness (QED) is 0.306. The molecule has 0 spiro atoms. The van der Waals surface area contributed by atoms with Crippen molar-refractivity contribution in [3.63, 3.8) is 0 Å². The highest BCUT2D eigenvalue weighted by Gasteiger charge is 2.25. The Morgan fingerprint density at radius 3 is 2.53 bits per heavy atom. The van der Waals surface area contributed by atoms with Gasteiger partial charge in [-0.15, -0.1) is 0 Å². The lowest BCUT2D eigenvalue weighted by Gasteiger charge is -2.13. The number of carbonyl (C=O) groups excluding carboxylic acids is 1. The van der Waals surface area contributed by atoms with Crippen molar-refractivity contribution in [2.24, 2.45) is 0 Å². The molecule has 2 N–H and O–H groups in total. The molecule has 1 heterocycles. The summed E-state index contributed by atoms with van der Waals surface area (Å²) in [5.74, 6) is -0.650. The van der Waals surface area contributed by atoms with Crippen LogP contribution < -0.4 is 10.6 Å². The largest absolute Gasteiger partial charge is 0.462 e. The van der Waals surface area contributed by atoms with Crippen LogP contribution in [0.25, 0.3) is 0 Å². The van der Waals surface area contributed by atoms with E-state index in [0.717, 1.165) is 5.56 Å². The monoisotopic (exact) mass is 427 g/mol. The van der Waals surface area contributed by atoms with Crippen LogP contribution in [0.4, 0.5) is 28.7 Å². The minimum absolute atomic E-state index is 0.0222. The Morgan fingerprint density at radius 2 is 1.87 bits per heavy atom. The fourth-order valence-electron chi connectivity index (χ4n) is 2.65. The number of benzene rings is 2. The third-order valence-electron chi connectivity index (χ3n) is 4.11. The molecule has 10 heteroatoms. The molecule has 3 rings (SSSR count). The van der Waals surface area contributed by atoms with Crippen LogP contribution in [-0.4, -0.2) is 27.5 Å². The number of nitrogens with zero attached hydrogens (tertiary/aromatic N) is 3. The second-order valence-corrected chi connectivity index (χ2v) is 6.56. The van der Waals surface area contributed by atoms with Crippen molar-refractivity contribution < 1.29 is 14.5 Å². The van der Waals surface area contributed by atoms with Gasteiger partial charge in [-0.2, -0.15) is 0 Å². The Labute approximate surface area is 177 Å². The summed E-state index contributed by atoms with van der Waals surface area (Å²) in [6.45, 7) is 3.74. The number of aryl methyl sites for hydroxylation is 1. The van der Waals surface area contributed by atoms with Gasteiger partial charge in [0.25, 0.3) is 0 Å². The van der Waals surface area contributed by atoms with Crippen molar-refractivity contribution in [2.45, 2.75) is 13.8 Å². The zero-order valence-corrected chi connectivity index (χ0v) is 16.9. The molecule has 0 bridgehead atoms. The van der Waals surface area contributed by atoms with Crippen molar-refractivity contribution >= 4 is 46.3 Å². The number of halogens is 1. The topological polar surface area (TPSA) is 119 Å². The van der Waals surface area contributed by atoms with Gasteiger partial charge in [0.2, 0.25) is 11.6 Å². The van der Waals surface area contributed by atoms with Gasteiger partial charge in [0, 0.05) is 10.7 Å². The summed E-state index contributed by atoms with van der Waals surface area (Å²) in [7, 11) is 0. The minimum Gasteiger partial charge on any atom is -0.462 e. The number of hydrogen-bond acceptors (Lipinski definition) is 8. The summed E-state index contributed by atoms with van der Waals surface area (Å²) in [4.78, 5) is 31.4. The van der Waals surface area contributed by atoms with Crippen molar-refractivity contribution in [2.75, 3.05) is 17.2 Å². The summed E-state index contributed by atoms with van der Waals surface area (Å²) in [5.41, 5.74) is 1.57. The second kappa shape index (κ2) is 9.19. The van der Waals surface area contributed by atoms with Crippen LogP contribution in [-0.2, 0) is 4.74 Å². The third kappa shape index (κ3) is 4.64. The van der Waals surface area contributed by atoms with E-state index in [1.54, 1.807) is 49.4 Å². The van der Waals surface area contributed by atoms with E-state index in [1.807, 2.05) is 6.92 Å². The highest BCUT2D eigenvalue weighted by Crippen LogP contribution is 2.34. The Kier molecular flexibility index (Phi) is 6.43. The highest BCUT2D eigenvalue weighted by molar-refractivity contribution is 6.31. The summed E-state index contributed by atoms with van der Waals surface area (Å²) in [6, 6.07) is 11.7. The summed E-state index contributed by atoms with van der Waals surface area (Å²) < 4.78 is 5.04. The van der Waals surface area contributed by atoms with Crippen molar-refractivity contribution in [3.05, 3.63) is 75.1 Å². The molecular formula is C20H18ClN5O4. The Balaban J connectivity index is 1.99. The van der Waals surface area contributed by atoms with E-state index in [9.17, 15) is 14.9 Å². The number of ether oxygens (including phenoxy) is 1. The molecule has 2 aromatic carbocycles. The van der Waals surface area contributed by atoms with Crippen LogP contribution in [0.2, 0.25) is 5.02 Å². The molecule has 0 radical (unpaired) electrons. The Bertz CT molecular complexity index is 1110. The van der Waals surface area contributed by atoms with E-state index in [0.29, 0.717) is 16.4 Å². The average molecular weight is 428 g/mol. The number of rotatable bonds is 7. The van der Waals surface area contributed by atoms with Crippen LogP contribution in [0.15, 0.2) is 48.8 Å². The maximum Gasteiger partial charge on any atom is 0.353 e. The van der Waals surface area contributed by atoms with E-state index in [2.05, 4.69) is 20.6 Å². The van der Waals surface area contributed by atoms with Crippen molar-refractivity contribution in [3.8, 4) is 0 Å². The lowest BCUT2D eigenvalue weighted by atomic mass is 10.1. The van der Waals surface area contributed by atoms with Crippen LogP contribution in [0.3, 0.4) is 0 Å². The zero-order chi connectivity index (χ0) is 21.7. The lowest BCUT2D eigenvalue weighted by Crippen LogP contribution is -2.10. The number of nitrogens with one attached hydrogen (secondary N) is 2. The summed E-state index contributed by atoms with van der Waals surface area (Å²) in [6.07, 6.45) is 1.18. The molecule has 3 aromatic rings. The molecule has 30 heavy (non-hydrogen) atoms. The maximum atomic E-state index is 12.2. The van der Waals surface area contributed by atoms with Crippen LogP contribution in [0.1, 0.15) is 22.8 Å². The number of anilines is 4. The second-order valence-electron chi connectivity index (χ2n) is 6.16. The third-order valence-corrected chi connectivity index (χ3v) is 4.52. The average Bonchev–Trinajstić information content (AvgIpc) is 2.71. The number of hydrogen-bond donors (Lipinski definition) is 2. The van der Waals surface area contributed by atoms with Gasteiger partial charge in [0.15, 0.2) is 0 Å². The van der Waals surface area contributed by atoms with Crippen LogP contribution >= 0.6 is 11.6 Å². The molecule has 0 unspecified atom stereocenters. The van der Waals surface area contributed by atoms with E-state index < -0.39 is 10.9 Å². The molecule has 0 saturated carbocycles. The number of carbonyl (C=O) groups is 1. The van der Waals surface area contributed by atoms with Crippen LogP contribution in [0.5, 0.6) is 0 Å².